The molecule has 0 aliphatic heterocycles. The molecule has 0 aromatic carbocycles. The fourth-order valence-electron chi connectivity index (χ4n) is 3.90. The van der Waals surface area contributed by atoms with Crippen LogP contribution in [0.3, 0.4) is 0 Å². The van der Waals surface area contributed by atoms with Crippen LogP contribution in [-0.2, 0) is 0 Å². The van der Waals surface area contributed by atoms with E-state index in [9.17, 15) is 0 Å². The third-order valence-electron chi connectivity index (χ3n) is 4.39. The highest BCUT2D eigenvalue weighted by atomic mass is 32.1. The molecule has 3 saturated carbocycles. The van der Waals surface area contributed by atoms with E-state index >= 15 is 0 Å². The van der Waals surface area contributed by atoms with Crippen molar-refractivity contribution in [2.75, 3.05) is 5.32 Å². The van der Waals surface area contributed by atoms with Gasteiger partial charge in [-0.1, -0.05) is 0 Å². The van der Waals surface area contributed by atoms with Gasteiger partial charge in [0.15, 0.2) is 0 Å². The van der Waals surface area contributed by atoms with E-state index < -0.39 is 0 Å². The molecule has 3 fully saturated rings. The van der Waals surface area contributed by atoms with E-state index in [-0.39, 0.29) is 0 Å². The van der Waals surface area contributed by atoms with Gasteiger partial charge in [-0.25, -0.2) is 4.98 Å². The molecular formula is C10H13N3S. The van der Waals surface area contributed by atoms with Crippen LogP contribution in [0.15, 0.2) is 6.33 Å². The summed E-state index contributed by atoms with van der Waals surface area (Å²) in [6.07, 6.45) is 6.13. The number of fused-ring (bicyclic) bond motifs is 5. The van der Waals surface area contributed by atoms with Gasteiger partial charge in [-0.05, 0) is 42.9 Å². The molecule has 3 nitrogen and oxygen atoms in total. The highest BCUT2D eigenvalue weighted by molar-refractivity contribution is 7.09. The van der Waals surface area contributed by atoms with Gasteiger partial charge in [0.1, 0.15) is 6.33 Å². The first kappa shape index (κ1) is 7.63. The Kier molecular flexibility index (Phi) is 1.35. The van der Waals surface area contributed by atoms with E-state index in [2.05, 4.69) is 14.7 Å². The van der Waals surface area contributed by atoms with Gasteiger partial charge in [-0.15, -0.1) is 0 Å². The summed E-state index contributed by atoms with van der Waals surface area (Å²) in [5.74, 6) is 4.04. The van der Waals surface area contributed by atoms with E-state index in [1.807, 2.05) is 0 Å². The molecule has 0 amide bonds. The third kappa shape index (κ3) is 0.874. The lowest BCUT2D eigenvalue weighted by Gasteiger charge is -2.08. The Balaban J connectivity index is 1.51. The number of aromatic nitrogens is 2. The van der Waals surface area contributed by atoms with Crippen LogP contribution < -0.4 is 5.32 Å². The molecule has 3 aliphatic rings. The molecule has 1 N–H and O–H groups in total. The van der Waals surface area contributed by atoms with Crippen LogP contribution in [0.25, 0.3) is 0 Å². The van der Waals surface area contributed by atoms with E-state index in [4.69, 9.17) is 0 Å². The van der Waals surface area contributed by atoms with Crippen LogP contribution in [0.2, 0.25) is 0 Å². The summed E-state index contributed by atoms with van der Waals surface area (Å²) in [5.41, 5.74) is 0. The minimum absolute atomic E-state index is 0.745. The van der Waals surface area contributed by atoms with Gasteiger partial charge in [0.2, 0.25) is 5.13 Å². The molecule has 1 heterocycles. The van der Waals surface area contributed by atoms with Crippen molar-refractivity contribution < 1.29 is 0 Å². The zero-order valence-electron chi connectivity index (χ0n) is 7.89. The van der Waals surface area contributed by atoms with E-state index in [0.717, 1.165) is 34.8 Å². The smallest absolute Gasteiger partial charge is 0.202 e. The van der Waals surface area contributed by atoms with E-state index in [0.29, 0.717) is 0 Å². The zero-order valence-corrected chi connectivity index (χ0v) is 8.70. The second-order valence-electron chi connectivity index (χ2n) is 4.90. The van der Waals surface area contributed by atoms with Crippen molar-refractivity contribution in [2.24, 2.45) is 23.7 Å². The first-order chi connectivity index (χ1) is 6.93. The topological polar surface area (TPSA) is 37.8 Å². The first-order valence-corrected chi connectivity index (χ1v) is 6.24. The van der Waals surface area contributed by atoms with Crippen molar-refractivity contribution in [1.29, 1.82) is 0 Å². The van der Waals surface area contributed by atoms with Gasteiger partial charge in [-0.2, -0.15) is 4.37 Å². The van der Waals surface area contributed by atoms with Crippen molar-refractivity contribution >= 4 is 16.7 Å². The van der Waals surface area contributed by atoms with Crippen LogP contribution >= 0.6 is 11.5 Å². The molecule has 14 heavy (non-hydrogen) atoms. The van der Waals surface area contributed by atoms with Gasteiger partial charge in [-0.3, -0.25) is 0 Å². The predicted molar refractivity (Wildman–Crippen MR) is 55.1 cm³/mol. The van der Waals surface area contributed by atoms with Crippen molar-refractivity contribution in [2.45, 2.75) is 25.3 Å². The van der Waals surface area contributed by atoms with Crippen LogP contribution in [0, 0.1) is 23.7 Å². The lowest BCUT2D eigenvalue weighted by atomic mass is 10.0. The lowest BCUT2D eigenvalue weighted by molar-refractivity contribution is 0.456. The average Bonchev–Trinajstić information content (AvgIpc) is 2.68. The number of anilines is 1. The van der Waals surface area contributed by atoms with Gasteiger partial charge in [0, 0.05) is 17.6 Å². The van der Waals surface area contributed by atoms with Crippen molar-refractivity contribution in [3.05, 3.63) is 6.33 Å². The molecule has 2 bridgehead atoms. The fourth-order valence-corrected chi connectivity index (χ4v) is 4.37. The number of nitrogens with one attached hydrogen (secondary N) is 1. The molecule has 1 aromatic rings. The Hall–Kier alpha value is -0.640. The van der Waals surface area contributed by atoms with Crippen LogP contribution in [-0.4, -0.2) is 15.4 Å². The quantitative estimate of drug-likeness (QED) is 0.806. The summed E-state index contributed by atoms with van der Waals surface area (Å²) < 4.78 is 4.02. The molecule has 0 saturated heterocycles. The molecule has 4 heteroatoms. The maximum Gasteiger partial charge on any atom is 0.202 e. The summed E-state index contributed by atoms with van der Waals surface area (Å²) in [7, 11) is 0. The molecule has 4 atom stereocenters. The largest absolute Gasteiger partial charge is 0.357 e. The van der Waals surface area contributed by atoms with E-state index in [1.54, 1.807) is 6.33 Å². The maximum atomic E-state index is 4.19. The Labute approximate surface area is 87.1 Å². The molecular weight excluding hydrogens is 194 g/mol. The van der Waals surface area contributed by atoms with Crippen LogP contribution in [0.1, 0.15) is 19.3 Å². The number of rotatable bonds is 2. The third-order valence-corrected chi connectivity index (χ3v) is 4.98. The normalized spacial score (nSPS) is 47.9. The summed E-state index contributed by atoms with van der Waals surface area (Å²) in [4.78, 5) is 4.19. The minimum Gasteiger partial charge on any atom is -0.357 e. The molecule has 4 unspecified atom stereocenters. The number of hydrogen-bond acceptors (Lipinski definition) is 4. The molecule has 4 rings (SSSR count). The van der Waals surface area contributed by atoms with Crippen molar-refractivity contribution in [1.82, 2.24) is 9.36 Å². The monoisotopic (exact) mass is 207 g/mol. The summed E-state index contributed by atoms with van der Waals surface area (Å²) in [6, 6.07) is 0.745. The summed E-state index contributed by atoms with van der Waals surface area (Å²) in [6.45, 7) is 0. The second-order valence-corrected chi connectivity index (χ2v) is 5.68. The average molecular weight is 207 g/mol. The van der Waals surface area contributed by atoms with Gasteiger partial charge in [0.05, 0.1) is 0 Å². The highest BCUT2D eigenvalue weighted by Gasteiger charge is 2.65. The van der Waals surface area contributed by atoms with Gasteiger partial charge in [0.25, 0.3) is 0 Å². The number of nitrogens with zero attached hydrogens (tertiary/aromatic N) is 2. The van der Waals surface area contributed by atoms with Gasteiger partial charge >= 0.3 is 0 Å². The lowest BCUT2D eigenvalue weighted by Crippen LogP contribution is -2.12. The zero-order chi connectivity index (χ0) is 9.12. The maximum absolute atomic E-state index is 4.19. The Morgan fingerprint density at radius 1 is 1.29 bits per heavy atom. The molecule has 3 aliphatic carbocycles. The second kappa shape index (κ2) is 2.48. The minimum atomic E-state index is 0.745. The summed E-state index contributed by atoms with van der Waals surface area (Å²) in [5, 5.41) is 4.56. The van der Waals surface area contributed by atoms with Crippen LogP contribution in [0.4, 0.5) is 5.13 Å². The summed E-state index contributed by atoms with van der Waals surface area (Å²) >= 11 is 1.48. The predicted octanol–water partition coefficient (Wildman–Crippen LogP) is 1.99. The fraction of sp³-hybridized carbons (Fsp3) is 0.800. The molecule has 0 radical (unpaired) electrons. The SMILES string of the molecule is c1nsc(NC2C3C4CCC(C4)C23)n1. The van der Waals surface area contributed by atoms with Gasteiger partial charge < -0.3 is 5.32 Å². The van der Waals surface area contributed by atoms with Crippen LogP contribution in [0.5, 0.6) is 0 Å². The molecule has 0 spiro atoms. The first-order valence-electron chi connectivity index (χ1n) is 5.47. The van der Waals surface area contributed by atoms with Crippen molar-refractivity contribution in [3.63, 3.8) is 0 Å². The van der Waals surface area contributed by atoms with E-state index in [1.165, 1.54) is 30.8 Å². The highest BCUT2D eigenvalue weighted by Crippen LogP contribution is 2.66. The van der Waals surface area contributed by atoms with Crippen molar-refractivity contribution in [3.8, 4) is 0 Å². The number of hydrogen-bond donors (Lipinski definition) is 1. The Morgan fingerprint density at radius 3 is 2.71 bits per heavy atom. The molecule has 74 valence electrons. The Morgan fingerprint density at radius 2 is 2.07 bits per heavy atom. The molecule has 1 aromatic heterocycles. The standard InChI is InChI=1S/C10H13N3S/c1-2-6-3-5(1)7-8(6)9(7)13-10-11-4-12-14-10/h4-9H,1-3H2,(H,11,12,13). The Bertz CT molecular complexity index is 334.